The van der Waals surface area contributed by atoms with Crippen LogP contribution in [0.5, 0.6) is 11.8 Å². The second kappa shape index (κ2) is 6.26. The number of benzene rings is 1. The van der Waals surface area contributed by atoms with E-state index in [1.54, 1.807) is 12.2 Å². The molecular weight excluding hydrogens is 276 g/mol. The molecule has 0 aliphatic carbocycles. The summed E-state index contributed by atoms with van der Waals surface area (Å²) in [5, 5.41) is 2.01. The fourth-order valence-corrected chi connectivity index (χ4v) is 2.18. The summed E-state index contributed by atoms with van der Waals surface area (Å²) in [6, 6.07) is 11.7. The Hall–Kier alpha value is -2.88. The quantitative estimate of drug-likeness (QED) is 0.510. The molecule has 110 valence electrons. The Morgan fingerprint density at radius 1 is 0.727 bits per heavy atom. The molecule has 0 aliphatic rings. The number of fused-ring (bicyclic) bond motifs is 3. The summed E-state index contributed by atoms with van der Waals surface area (Å²) in [6.45, 7) is 8.12. The van der Waals surface area contributed by atoms with Gasteiger partial charge in [0.1, 0.15) is 24.2 Å². The summed E-state index contributed by atoms with van der Waals surface area (Å²) in [5.74, 6) is 1.11. The van der Waals surface area contributed by atoms with Gasteiger partial charge in [-0.1, -0.05) is 37.4 Å². The molecule has 0 spiro atoms. The molecule has 0 saturated heterocycles. The topological polar surface area (TPSA) is 44.2 Å². The minimum atomic E-state index is 0.421. The molecule has 1 aromatic carbocycles. The van der Waals surface area contributed by atoms with Crippen LogP contribution in [0.15, 0.2) is 61.7 Å². The molecule has 3 aromatic rings. The molecule has 0 unspecified atom stereocenters. The maximum Gasteiger partial charge on any atom is 0.214 e. The molecule has 0 fully saturated rings. The molecule has 0 amide bonds. The number of hydrogen-bond acceptors (Lipinski definition) is 4. The SMILES string of the molecule is C=CCOc1ccc2ccc3ccc(OCC=C)nc3c2n1. The summed E-state index contributed by atoms with van der Waals surface area (Å²) in [4.78, 5) is 9.11. The van der Waals surface area contributed by atoms with Crippen molar-refractivity contribution in [2.75, 3.05) is 13.2 Å². The van der Waals surface area contributed by atoms with Crippen molar-refractivity contribution in [3.8, 4) is 11.8 Å². The number of ether oxygens (including phenoxy) is 2. The predicted molar refractivity (Wildman–Crippen MR) is 88.4 cm³/mol. The van der Waals surface area contributed by atoms with Crippen molar-refractivity contribution in [1.29, 1.82) is 0 Å². The largest absolute Gasteiger partial charge is 0.473 e. The Labute approximate surface area is 128 Å². The third-order valence-electron chi connectivity index (χ3n) is 3.17. The van der Waals surface area contributed by atoms with Crippen LogP contribution >= 0.6 is 0 Å². The Morgan fingerprint density at radius 2 is 1.14 bits per heavy atom. The maximum absolute atomic E-state index is 5.51. The predicted octanol–water partition coefficient (Wildman–Crippen LogP) is 3.91. The number of rotatable bonds is 6. The Kier molecular flexibility index (Phi) is 4.01. The molecule has 4 heteroatoms. The van der Waals surface area contributed by atoms with E-state index in [1.165, 1.54) is 0 Å². The van der Waals surface area contributed by atoms with Crippen molar-refractivity contribution in [3.63, 3.8) is 0 Å². The van der Waals surface area contributed by atoms with Crippen LogP contribution in [0.1, 0.15) is 0 Å². The van der Waals surface area contributed by atoms with Crippen molar-refractivity contribution in [2.24, 2.45) is 0 Å². The highest BCUT2D eigenvalue weighted by Gasteiger charge is 2.07. The van der Waals surface area contributed by atoms with Crippen molar-refractivity contribution < 1.29 is 9.47 Å². The molecule has 2 aromatic heterocycles. The number of nitrogens with zero attached hydrogens (tertiary/aromatic N) is 2. The van der Waals surface area contributed by atoms with Gasteiger partial charge in [-0.25, -0.2) is 9.97 Å². The van der Waals surface area contributed by atoms with Crippen molar-refractivity contribution >= 4 is 21.8 Å². The lowest BCUT2D eigenvalue weighted by molar-refractivity contribution is 0.349. The minimum Gasteiger partial charge on any atom is -0.473 e. The lowest BCUT2D eigenvalue weighted by Crippen LogP contribution is -1.97. The standard InChI is InChI=1S/C18H16N2O2/c1-3-11-21-15-9-7-13-5-6-14-8-10-16(22-12-4-2)20-18(14)17(13)19-15/h3-10H,1-2,11-12H2. The van der Waals surface area contributed by atoms with Crippen LogP contribution in [0, 0.1) is 0 Å². The monoisotopic (exact) mass is 292 g/mol. The zero-order valence-electron chi connectivity index (χ0n) is 12.2. The summed E-state index contributed by atoms with van der Waals surface area (Å²) in [6.07, 6.45) is 3.38. The van der Waals surface area contributed by atoms with E-state index in [2.05, 4.69) is 23.1 Å². The van der Waals surface area contributed by atoms with E-state index < -0.39 is 0 Å². The van der Waals surface area contributed by atoms with Crippen LogP contribution in [0.25, 0.3) is 21.8 Å². The first-order valence-corrected chi connectivity index (χ1v) is 7.00. The van der Waals surface area contributed by atoms with Gasteiger partial charge >= 0.3 is 0 Å². The van der Waals surface area contributed by atoms with E-state index in [9.17, 15) is 0 Å². The Bertz CT molecular complexity index is 772. The molecule has 0 radical (unpaired) electrons. The second-order valence-electron chi connectivity index (χ2n) is 4.71. The van der Waals surface area contributed by atoms with Crippen LogP contribution in [0.4, 0.5) is 0 Å². The van der Waals surface area contributed by atoms with Gasteiger partial charge in [0.15, 0.2) is 0 Å². The van der Waals surface area contributed by atoms with Gasteiger partial charge in [-0.3, -0.25) is 0 Å². The summed E-state index contributed by atoms with van der Waals surface area (Å²) >= 11 is 0. The lowest BCUT2D eigenvalue weighted by atomic mass is 10.1. The molecule has 2 heterocycles. The highest BCUT2D eigenvalue weighted by molar-refractivity contribution is 6.03. The second-order valence-corrected chi connectivity index (χ2v) is 4.71. The zero-order chi connectivity index (χ0) is 15.4. The fourth-order valence-electron chi connectivity index (χ4n) is 2.18. The van der Waals surface area contributed by atoms with Crippen LogP contribution < -0.4 is 9.47 Å². The number of hydrogen-bond donors (Lipinski definition) is 0. The first-order chi connectivity index (χ1) is 10.8. The normalized spacial score (nSPS) is 10.5. The van der Waals surface area contributed by atoms with Crippen LogP contribution in [-0.2, 0) is 0 Å². The van der Waals surface area contributed by atoms with E-state index >= 15 is 0 Å². The first-order valence-electron chi connectivity index (χ1n) is 7.00. The van der Waals surface area contributed by atoms with E-state index in [-0.39, 0.29) is 0 Å². The summed E-state index contributed by atoms with van der Waals surface area (Å²) in [7, 11) is 0. The third kappa shape index (κ3) is 2.76. The van der Waals surface area contributed by atoms with Crippen LogP contribution in [-0.4, -0.2) is 23.2 Å². The average Bonchev–Trinajstić information content (AvgIpc) is 2.57. The smallest absolute Gasteiger partial charge is 0.214 e. The van der Waals surface area contributed by atoms with Crippen LogP contribution in [0.2, 0.25) is 0 Å². The van der Waals surface area contributed by atoms with Crippen molar-refractivity contribution in [1.82, 2.24) is 9.97 Å². The number of aromatic nitrogens is 2. The Balaban J connectivity index is 2.12. The van der Waals surface area contributed by atoms with E-state index in [0.29, 0.717) is 25.0 Å². The molecule has 3 rings (SSSR count). The lowest BCUT2D eigenvalue weighted by Gasteiger charge is -2.08. The molecule has 0 saturated carbocycles. The molecule has 4 nitrogen and oxygen atoms in total. The van der Waals surface area contributed by atoms with Crippen molar-refractivity contribution in [2.45, 2.75) is 0 Å². The van der Waals surface area contributed by atoms with Gasteiger partial charge in [-0.05, 0) is 12.1 Å². The van der Waals surface area contributed by atoms with Crippen LogP contribution in [0.3, 0.4) is 0 Å². The fraction of sp³-hybridized carbons (Fsp3) is 0.111. The van der Waals surface area contributed by atoms with Crippen molar-refractivity contribution in [3.05, 3.63) is 61.7 Å². The summed E-state index contributed by atoms with van der Waals surface area (Å²) < 4.78 is 11.0. The van der Waals surface area contributed by atoms with Gasteiger partial charge in [0, 0.05) is 22.9 Å². The van der Waals surface area contributed by atoms with E-state index in [4.69, 9.17) is 9.47 Å². The summed E-state index contributed by atoms with van der Waals surface area (Å²) in [5.41, 5.74) is 1.59. The third-order valence-corrected chi connectivity index (χ3v) is 3.17. The van der Waals surface area contributed by atoms with Gasteiger partial charge in [0.05, 0.1) is 0 Å². The van der Waals surface area contributed by atoms with Gasteiger partial charge in [0.25, 0.3) is 0 Å². The maximum atomic E-state index is 5.51. The van der Waals surface area contributed by atoms with Gasteiger partial charge in [-0.15, -0.1) is 0 Å². The molecule has 0 aliphatic heterocycles. The Morgan fingerprint density at radius 3 is 1.55 bits per heavy atom. The zero-order valence-corrected chi connectivity index (χ0v) is 12.2. The molecule has 0 atom stereocenters. The highest BCUT2D eigenvalue weighted by Crippen LogP contribution is 2.26. The van der Waals surface area contributed by atoms with E-state index in [0.717, 1.165) is 21.8 Å². The molecule has 22 heavy (non-hydrogen) atoms. The van der Waals surface area contributed by atoms with Gasteiger partial charge in [-0.2, -0.15) is 0 Å². The molecule has 0 bridgehead atoms. The molecular formula is C18H16N2O2. The van der Waals surface area contributed by atoms with Gasteiger partial charge in [0.2, 0.25) is 11.8 Å². The average molecular weight is 292 g/mol. The number of pyridine rings is 2. The molecule has 0 N–H and O–H groups in total. The van der Waals surface area contributed by atoms with Gasteiger partial charge < -0.3 is 9.47 Å². The minimum absolute atomic E-state index is 0.421. The highest BCUT2D eigenvalue weighted by atomic mass is 16.5. The van der Waals surface area contributed by atoms with E-state index in [1.807, 2.05) is 36.4 Å². The first kappa shape index (κ1) is 14.1.